The highest BCUT2D eigenvalue weighted by molar-refractivity contribution is 9.10. The molecule has 4 heteroatoms. The molecular weight excluding hydrogens is 227 g/mol. The summed E-state index contributed by atoms with van der Waals surface area (Å²) >= 11 is 2.83. The predicted octanol–water partition coefficient (Wildman–Crippen LogP) is 2.50. The highest BCUT2D eigenvalue weighted by Gasteiger charge is 2.09. The molecule has 12 heavy (non-hydrogen) atoms. The number of ketones is 1. The van der Waals surface area contributed by atoms with E-state index in [0.29, 0.717) is 0 Å². The van der Waals surface area contributed by atoms with Crippen LogP contribution in [0.5, 0.6) is 5.75 Å². The summed E-state index contributed by atoms with van der Waals surface area (Å²) in [6, 6.07) is 2.29. The molecule has 0 unspecified atom stereocenters. The van der Waals surface area contributed by atoms with Gasteiger partial charge in [-0.25, -0.2) is 4.39 Å². The Labute approximate surface area is 77.2 Å². The molecule has 1 N–H and O–H groups in total. The Hall–Kier alpha value is -0.900. The molecule has 1 aromatic rings. The van der Waals surface area contributed by atoms with Crippen LogP contribution in [-0.2, 0) is 0 Å². The summed E-state index contributed by atoms with van der Waals surface area (Å²) in [6.45, 7) is 1.31. The number of hydrogen-bond donors (Lipinski definition) is 1. The molecule has 0 amide bonds. The van der Waals surface area contributed by atoms with Crippen molar-refractivity contribution in [2.24, 2.45) is 0 Å². The van der Waals surface area contributed by atoms with E-state index in [1.54, 1.807) is 0 Å². The molecule has 1 aromatic carbocycles. The average molecular weight is 233 g/mol. The van der Waals surface area contributed by atoms with Crippen LogP contribution in [0.3, 0.4) is 0 Å². The number of phenols is 1. The van der Waals surface area contributed by atoms with Gasteiger partial charge in [-0.3, -0.25) is 4.79 Å². The number of hydrogen-bond acceptors (Lipinski definition) is 2. The molecule has 0 spiro atoms. The van der Waals surface area contributed by atoms with Crippen molar-refractivity contribution in [2.75, 3.05) is 0 Å². The van der Waals surface area contributed by atoms with Gasteiger partial charge in [-0.2, -0.15) is 0 Å². The first kappa shape index (κ1) is 9.19. The van der Waals surface area contributed by atoms with Crippen molar-refractivity contribution in [3.63, 3.8) is 0 Å². The predicted molar refractivity (Wildman–Crippen MR) is 45.8 cm³/mol. The molecule has 0 saturated carbocycles. The minimum atomic E-state index is -0.639. The largest absolute Gasteiger partial charge is 0.507 e. The highest BCUT2D eigenvalue weighted by atomic mass is 79.9. The van der Waals surface area contributed by atoms with Gasteiger partial charge >= 0.3 is 0 Å². The maximum Gasteiger partial charge on any atom is 0.160 e. The van der Waals surface area contributed by atoms with Crippen LogP contribution in [-0.4, -0.2) is 10.9 Å². The van der Waals surface area contributed by atoms with E-state index >= 15 is 0 Å². The van der Waals surface area contributed by atoms with Gasteiger partial charge in [0, 0.05) is 5.56 Å². The quantitative estimate of drug-likeness (QED) is 0.756. The van der Waals surface area contributed by atoms with E-state index < -0.39 is 5.82 Å². The molecular formula is C8H6BrFO2. The molecule has 2 nitrogen and oxygen atoms in total. The summed E-state index contributed by atoms with van der Waals surface area (Å²) in [5, 5.41) is 9.09. The third-order valence-corrected chi connectivity index (χ3v) is 2.20. The first-order valence-corrected chi connectivity index (χ1v) is 4.00. The van der Waals surface area contributed by atoms with E-state index in [9.17, 15) is 9.18 Å². The summed E-state index contributed by atoms with van der Waals surface area (Å²) in [5.41, 5.74) is 0.160. The molecule has 0 aliphatic heterocycles. The van der Waals surface area contributed by atoms with E-state index in [1.807, 2.05) is 0 Å². The van der Waals surface area contributed by atoms with Crippen molar-refractivity contribution < 1.29 is 14.3 Å². The smallest absolute Gasteiger partial charge is 0.160 e. The van der Waals surface area contributed by atoms with Crippen molar-refractivity contribution in [3.05, 3.63) is 28.0 Å². The van der Waals surface area contributed by atoms with Crippen LogP contribution in [0.15, 0.2) is 16.6 Å². The number of phenolic OH excluding ortho intramolecular Hbond substituents is 1. The van der Waals surface area contributed by atoms with Gasteiger partial charge in [0.1, 0.15) is 11.6 Å². The van der Waals surface area contributed by atoms with Gasteiger partial charge in [0.05, 0.1) is 4.47 Å². The van der Waals surface area contributed by atoms with E-state index in [2.05, 4.69) is 15.9 Å². The van der Waals surface area contributed by atoms with E-state index in [-0.39, 0.29) is 21.6 Å². The standard InChI is InChI=1S/C8H6BrFO2/c1-4(11)5-2-6(10)8(9)7(12)3-5/h2-3,12H,1H3. The summed E-state index contributed by atoms with van der Waals surface area (Å²) in [7, 11) is 0. The van der Waals surface area contributed by atoms with Crippen molar-refractivity contribution >= 4 is 21.7 Å². The molecule has 0 radical (unpaired) electrons. The molecule has 0 heterocycles. The molecule has 0 aliphatic rings. The summed E-state index contributed by atoms with van der Waals surface area (Å²) < 4.78 is 12.8. The number of halogens is 2. The van der Waals surface area contributed by atoms with Gasteiger partial charge in [0.2, 0.25) is 0 Å². The van der Waals surface area contributed by atoms with Crippen LogP contribution in [0, 0.1) is 5.82 Å². The molecule has 0 aliphatic carbocycles. The van der Waals surface area contributed by atoms with Crippen molar-refractivity contribution in [2.45, 2.75) is 6.92 Å². The zero-order valence-electron chi connectivity index (χ0n) is 6.27. The van der Waals surface area contributed by atoms with E-state index in [1.165, 1.54) is 13.0 Å². The molecule has 64 valence electrons. The lowest BCUT2D eigenvalue weighted by atomic mass is 10.1. The number of aromatic hydroxyl groups is 1. The minimum absolute atomic E-state index is 0.0208. The van der Waals surface area contributed by atoms with Crippen LogP contribution in [0.2, 0.25) is 0 Å². The zero-order chi connectivity index (χ0) is 9.30. The van der Waals surface area contributed by atoms with Crippen LogP contribution >= 0.6 is 15.9 Å². The first-order valence-electron chi connectivity index (χ1n) is 3.21. The second-order valence-corrected chi connectivity index (χ2v) is 3.14. The van der Waals surface area contributed by atoms with Gasteiger partial charge in [-0.05, 0) is 35.0 Å². The van der Waals surface area contributed by atoms with Crippen LogP contribution in [0.25, 0.3) is 0 Å². The topological polar surface area (TPSA) is 37.3 Å². The Kier molecular flexibility index (Phi) is 2.47. The molecule has 0 fully saturated rings. The fraction of sp³-hybridized carbons (Fsp3) is 0.125. The van der Waals surface area contributed by atoms with Gasteiger partial charge in [-0.1, -0.05) is 0 Å². The minimum Gasteiger partial charge on any atom is -0.507 e. The lowest BCUT2D eigenvalue weighted by molar-refractivity contribution is 0.101. The second-order valence-electron chi connectivity index (χ2n) is 2.35. The van der Waals surface area contributed by atoms with Gasteiger partial charge in [0.25, 0.3) is 0 Å². The summed E-state index contributed by atoms with van der Waals surface area (Å²) in [5.74, 6) is -1.18. The van der Waals surface area contributed by atoms with Gasteiger partial charge in [-0.15, -0.1) is 0 Å². The fourth-order valence-electron chi connectivity index (χ4n) is 0.778. The van der Waals surface area contributed by atoms with E-state index in [0.717, 1.165) is 6.07 Å². The summed E-state index contributed by atoms with van der Waals surface area (Å²) in [6.07, 6.45) is 0. The highest BCUT2D eigenvalue weighted by Crippen LogP contribution is 2.27. The third-order valence-electron chi connectivity index (χ3n) is 1.42. The molecule has 0 aromatic heterocycles. The lowest BCUT2D eigenvalue weighted by Gasteiger charge is -2.00. The second kappa shape index (κ2) is 3.23. The summed E-state index contributed by atoms with van der Waals surface area (Å²) in [4.78, 5) is 10.8. The van der Waals surface area contributed by atoms with Gasteiger partial charge < -0.3 is 5.11 Å². The van der Waals surface area contributed by atoms with Crippen LogP contribution in [0.4, 0.5) is 4.39 Å². The zero-order valence-corrected chi connectivity index (χ0v) is 7.85. The Morgan fingerprint density at radius 1 is 1.58 bits per heavy atom. The maximum atomic E-state index is 12.8. The Bertz CT molecular complexity index is 313. The number of benzene rings is 1. The molecule has 0 atom stereocenters. The Morgan fingerprint density at radius 3 is 2.58 bits per heavy atom. The molecule has 0 bridgehead atoms. The lowest BCUT2D eigenvalue weighted by Crippen LogP contribution is -1.93. The maximum absolute atomic E-state index is 12.8. The monoisotopic (exact) mass is 232 g/mol. The van der Waals surface area contributed by atoms with Gasteiger partial charge in [0.15, 0.2) is 5.78 Å². The number of carbonyl (C=O) groups is 1. The number of Topliss-reactive ketones (excluding diaryl/α,β-unsaturated/α-hetero) is 1. The fourth-order valence-corrected chi connectivity index (χ4v) is 1.01. The van der Waals surface area contributed by atoms with Crippen LogP contribution in [0.1, 0.15) is 17.3 Å². The Balaban J connectivity index is 3.31. The first-order chi connectivity index (χ1) is 5.52. The SMILES string of the molecule is CC(=O)c1cc(O)c(Br)c(F)c1. The molecule has 1 rings (SSSR count). The van der Waals surface area contributed by atoms with Crippen molar-refractivity contribution in [1.29, 1.82) is 0 Å². The van der Waals surface area contributed by atoms with E-state index in [4.69, 9.17) is 5.11 Å². The average Bonchev–Trinajstić information content (AvgIpc) is 1.99. The van der Waals surface area contributed by atoms with Crippen molar-refractivity contribution in [3.8, 4) is 5.75 Å². The third kappa shape index (κ3) is 1.64. The number of rotatable bonds is 1. The Morgan fingerprint density at radius 2 is 2.17 bits per heavy atom. The molecule has 0 saturated heterocycles. The normalized spacial score (nSPS) is 9.92. The van der Waals surface area contributed by atoms with Crippen LogP contribution < -0.4 is 0 Å². The number of carbonyl (C=O) groups excluding carboxylic acids is 1. The van der Waals surface area contributed by atoms with Crippen molar-refractivity contribution in [1.82, 2.24) is 0 Å².